The third-order valence-corrected chi connectivity index (χ3v) is 3.57. The van der Waals surface area contributed by atoms with Gasteiger partial charge in [-0.15, -0.1) is 11.3 Å². The molecule has 1 aromatic heterocycles. The van der Waals surface area contributed by atoms with Gasteiger partial charge in [-0.05, 0) is 13.0 Å². The molecule has 4 heteroatoms. The molecule has 0 spiro atoms. The zero-order valence-electron chi connectivity index (χ0n) is 8.14. The highest BCUT2D eigenvalue weighted by molar-refractivity contribution is 7.15. The highest BCUT2D eigenvalue weighted by Gasteiger charge is 2.10. The van der Waals surface area contributed by atoms with Gasteiger partial charge in [0.05, 0.1) is 16.0 Å². The van der Waals surface area contributed by atoms with Gasteiger partial charge in [0.1, 0.15) is 5.01 Å². The van der Waals surface area contributed by atoms with Gasteiger partial charge < -0.3 is 5.11 Å². The van der Waals surface area contributed by atoms with E-state index in [9.17, 15) is 5.11 Å². The first-order valence-corrected chi connectivity index (χ1v) is 5.76. The highest BCUT2D eigenvalue weighted by atomic mass is 35.5. The Balaban J connectivity index is 2.42. The van der Waals surface area contributed by atoms with Crippen LogP contribution >= 0.6 is 22.9 Å². The molecule has 0 bridgehead atoms. The number of aromatic nitrogens is 1. The fourth-order valence-corrected chi connectivity index (χ4v) is 2.41. The van der Waals surface area contributed by atoms with Crippen LogP contribution in [0.4, 0.5) is 0 Å². The van der Waals surface area contributed by atoms with E-state index in [1.54, 1.807) is 13.1 Å². The minimum Gasteiger partial charge on any atom is -0.388 e. The molecule has 0 saturated carbocycles. The van der Waals surface area contributed by atoms with E-state index in [4.69, 9.17) is 11.6 Å². The summed E-state index contributed by atoms with van der Waals surface area (Å²) in [5.41, 5.74) is 0.913. The average Bonchev–Trinajstić information content (AvgIpc) is 2.67. The van der Waals surface area contributed by atoms with Crippen LogP contribution in [0.15, 0.2) is 30.5 Å². The molecular weight excluding hydrogens is 230 g/mol. The molecule has 1 aromatic carbocycles. The van der Waals surface area contributed by atoms with Crippen LogP contribution < -0.4 is 0 Å². The summed E-state index contributed by atoms with van der Waals surface area (Å²) in [6.07, 6.45) is 1.22. The van der Waals surface area contributed by atoms with Crippen molar-refractivity contribution < 1.29 is 5.11 Å². The number of benzene rings is 1. The van der Waals surface area contributed by atoms with Crippen molar-refractivity contribution in [2.75, 3.05) is 0 Å². The maximum atomic E-state index is 9.39. The summed E-state index contributed by atoms with van der Waals surface area (Å²) in [5.74, 6) is 0. The van der Waals surface area contributed by atoms with Crippen molar-refractivity contribution in [3.05, 3.63) is 40.4 Å². The zero-order chi connectivity index (χ0) is 10.8. The molecule has 0 aliphatic carbocycles. The van der Waals surface area contributed by atoms with E-state index >= 15 is 0 Å². The second-order valence-corrected chi connectivity index (χ2v) is 4.69. The van der Waals surface area contributed by atoms with Crippen molar-refractivity contribution in [2.45, 2.75) is 13.0 Å². The Hall–Kier alpha value is -0.900. The Kier molecular flexibility index (Phi) is 3.05. The summed E-state index contributed by atoms with van der Waals surface area (Å²) in [7, 11) is 0. The Morgan fingerprint density at radius 2 is 2.13 bits per heavy atom. The summed E-state index contributed by atoms with van der Waals surface area (Å²) in [6.45, 7) is 1.73. The summed E-state index contributed by atoms with van der Waals surface area (Å²) in [5, 5.41) is 10.9. The molecule has 1 heterocycles. The molecule has 78 valence electrons. The zero-order valence-corrected chi connectivity index (χ0v) is 9.72. The molecule has 1 unspecified atom stereocenters. The summed E-state index contributed by atoms with van der Waals surface area (Å²) >= 11 is 7.51. The van der Waals surface area contributed by atoms with Crippen molar-refractivity contribution in [1.29, 1.82) is 0 Å². The van der Waals surface area contributed by atoms with Gasteiger partial charge in [-0.2, -0.15) is 0 Å². The van der Waals surface area contributed by atoms with Gasteiger partial charge in [-0.1, -0.05) is 29.8 Å². The fourth-order valence-electron chi connectivity index (χ4n) is 1.24. The van der Waals surface area contributed by atoms with E-state index < -0.39 is 6.10 Å². The second-order valence-electron chi connectivity index (χ2n) is 3.22. The van der Waals surface area contributed by atoms with Crippen LogP contribution in [-0.2, 0) is 0 Å². The molecule has 0 aliphatic heterocycles. The van der Waals surface area contributed by atoms with E-state index in [2.05, 4.69) is 4.98 Å². The van der Waals surface area contributed by atoms with Crippen LogP contribution in [0.5, 0.6) is 0 Å². The van der Waals surface area contributed by atoms with Gasteiger partial charge in [0.2, 0.25) is 0 Å². The standard InChI is InChI=1S/C11H10ClNOS/c1-7(14)10-6-13-11(15-10)8-4-2-3-5-9(8)12/h2-7,14H,1H3. The first-order chi connectivity index (χ1) is 7.18. The quantitative estimate of drug-likeness (QED) is 0.870. The molecule has 0 fully saturated rings. The molecule has 0 radical (unpaired) electrons. The Morgan fingerprint density at radius 1 is 1.40 bits per heavy atom. The summed E-state index contributed by atoms with van der Waals surface area (Å²) < 4.78 is 0. The molecule has 2 aromatic rings. The van der Waals surface area contributed by atoms with Crippen LogP contribution in [0.1, 0.15) is 17.9 Å². The normalized spacial score (nSPS) is 12.7. The fraction of sp³-hybridized carbons (Fsp3) is 0.182. The number of hydrogen-bond donors (Lipinski definition) is 1. The largest absolute Gasteiger partial charge is 0.388 e. The van der Waals surface area contributed by atoms with Gasteiger partial charge in [0.25, 0.3) is 0 Å². The Bertz CT molecular complexity index is 467. The first kappa shape index (κ1) is 10.6. The topological polar surface area (TPSA) is 33.1 Å². The van der Waals surface area contributed by atoms with Crippen molar-refractivity contribution in [2.24, 2.45) is 0 Å². The summed E-state index contributed by atoms with van der Waals surface area (Å²) in [4.78, 5) is 5.09. The van der Waals surface area contributed by atoms with E-state index in [1.807, 2.05) is 24.3 Å². The molecule has 1 N–H and O–H groups in total. The number of hydrogen-bond acceptors (Lipinski definition) is 3. The van der Waals surface area contributed by atoms with Crippen LogP contribution in [0.2, 0.25) is 5.02 Å². The van der Waals surface area contributed by atoms with Gasteiger partial charge >= 0.3 is 0 Å². The third kappa shape index (κ3) is 2.20. The lowest BCUT2D eigenvalue weighted by Crippen LogP contribution is -1.83. The minimum atomic E-state index is -0.473. The Labute approximate surface area is 97.2 Å². The van der Waals surface area contributed by atoms with Crippen molar-refractivity contribution in [1.82, 2.24) is 4.98 Å². The summed E-state index contributed by atoms with van der Waals surface area (Å²) in [6, 6.07) is 7.56. The predicted molar refractivity (Wildman–Crippen MR) is 63.2 cm³/mol. The van der Waals surface area contributed by atoms with Crippen molar-refractivity contribution >= 4 is 22.9 Å². The lowest BCUT2D eigenvalue weighted by atomic mass is 10.2. The molecule has 2 nitrogen and oxygen atoms in total. The predicted octanol–water partition coefficient (Wildman–Crippen LogP) is 3.52. The van der Waals surface area contributed by atoms with Crippen molar-refractivity contribution in [3.63, 3.8) is 0 Å². The van der Waals surface area contributed by atoms with E-state index in [1.165, 1.54) is 11.3 Å². The highest BCUT2D eigenvalue weighted by Crippen LogP contribution is 2.32. The maximum absolute atomic E-state index is 9.39. The van der Waals surface area contributed by atoms with Crippen LogP contribution in [0.25, 0.3) is 10.6 Å². The number of nitrogens with zero attached hydrogens (tertiary/aromatic N) is 1. The molecule has 1 atom stereocenters. The SMILES string of the molecule is CC(O)c1cnc(-c2ccccc2Cl)s1. The van der Waals surface area contributed by atoms with Gasteiger partial charge in [0.15, 0.2) is 0 Å². The van der Waals surface area contributed by atoms with Crippen LogP contribution in [0.3, 0.4) is 0 Å². The van der Waals surface area contributed by atoms with Crippen molar-refractivity contribution in [3.8, 4) is 10.6 Å². The average molecular weight is 240 g/mol. The molecule has 15 heavy (non-hydrogen) atoms. The number of halogens is 1. The van der Waals surface area contributed by atoms with E-state index in [0.717, 1.165) is 15.4 Å². The maximum Gasteiger partial charge on any atom is 0.125 e. The van der Waals surface area contributed by atoms with Crippen LogP contribution in [0, 0.1) is 0 Å². The number of rotatable bonds is 2. The monoisotopic (exact) mass is 239 g/mol. The second kappa shape index (κ2) is 4.31. The number of thiazole rings is 1. The number of aliphatic hydroxyl groups is 1. The van der Waals surface area contributed by atoms with E-state index in [0.29, 0.717) is 5.02 Å². The minimum absolute atomic E-state index is 0.473. The molecule has 0 saturated heterocycles. The van der Waals surface area contributed by atoms with E-state index in [-0.39, 0.29) is 0 Å². The molecular formula is C11H10ClNOS. The first-order valence-electron chi connectivity index (χ1n) is 4.57. The lowest BCUT2D eigenvalue weighted by Gasteiger charge is -1.99. The third-order valence-electron chi connectivity index (χ3n) is 2.04. The van der Waals surface area contributed by atoms with Gasteiger partial charge in [-0.3, -0.25) is 0 Å². The smallest absolute Gasteiger partial charge is 0.125 e. The molecule has 0 aliphatic rings. The van der Waals surface area contributed by atoms with Gasteiger partial charge in [0, 0.05) is 11.8 Å². The number of aliphatic hydroxyl groups excluding tert-OH is 1. The molecule has 0 amide bonds. The van der Waals surface area contributed by atoms with Gasteiger partial charge in [-0.25, -0.2) is 4.98 Å². The van der Waals surface area contributed by atoms with Crippen LogP contribution in [-0.4, -0.2) is 10.1 Å². The lowest BCUT2D eigenvalue weighted by molar-refractivity contribution is 0.203. The molecule has 2 rings (SSSR count). The Morgan fingerprint density at radius 3 is 2.73 bits per heavy atom.